The monoisotopic (exact) mass is 240 g/mol. The van der Waals surface area contributed by atoms with Gasteiger partial charge in [0.2, 0.25) is 0 Å². The molecular weight excluding hydrogens is 224 g/mol. The highest BCUT2D eigenvalue weighted by molar-refractivity contribution is 5.79. The molecule has 17 heavy (non-hydrogen) atoms. The number of carboxylic acid groups (broad SMARTS) is 1. The minimum Gasteiger partial charge on any atom is -0.481 e. The van der Waals surface area contributed by atoms with Gasteiger partial charge in [0, 0.05) is 0 Å². The van der Waals surface area contributed by atoms with Gasteiger partial charge in [-0.15, -0.1) is 6.42 Å². The number of hydrogen-bond acceptors (Lipinski definition) is 3. The molecule has 6 heteroatoms. The highest BCUT2D eigenvalue weighted by atomic mass is 16.5. The Morgan fingerprint density at radius 1 is 1.65 bits per heavy atom. The smallest absolute Gasteiger partial charge is 0.316 e. The van der Waals surface area contributed by atoms with E-state index in [1.54, 1.807) is 6.92 Å². The van der Waals surface area contributed by atoms with Gasteiger partial charge in [0.25, 0.3) is 0 Å². The first-order valence-corrected chi connectivity index (χ1v) is 5.24. The van der Waals surface area contributed by atoms with Crippen LogP contribution in [0.5, 0.6) is 0 Å². The van der Waals surface area contributed by atoms with Crippen molar-refractivity contribution >= 4 is 12.0 Å². The predicted molar refractivity (Wildman–Crippen MR) is 60.3 cm³/mol. The lowest BCUT2D eigenvalue weighted by Crippen LogP contribution is -2.53. The van der Waals surface area contributed by atoms with E-state index in [9.17, 15) is 9.59 Å². The minimum absolute atomic E-state index is 0.0813. The Bertz CT molecular complexity index is 363. The van der Waals surface area contributed by atoms with Crippen molar-refractivity contribution in [3.8, 4) is 12.3 Å². The molecule has 0 aromatic rings. The van der Waals surface area contributed by atoms with E-state index in [1.807, 2.05) is 0 Å². The first-order valence-electron chi connectivity index (χ1n) is 5.24. The molecule has 0 spiro atoms. The van der Waals surface area contributed by atoms with E-state index >= 15 is 0 Å². The fourth-order valence-electron chi connectivity index (χ4n) is 1.52. The molecule has 3 N–H and O–H groups in total. The Balaban J connectivity index is 2.60. The van der Waals surface area contributed by atoms with Crippen LogP contribution in [0, 0.1) is 17.8 Å². The molecule has 6 nitrogen and oxygen atoms in total. The summed E-state index contributed by atoms with van der Waals surface area (Å²) in [6, 6.07) is -1.46. The van der Waals surface area contributed by atoms with Gasteiger partial charge in [0.15, 0.2) is 0 Å². The largest absolute Gasteiger partial charge is 0.481 e. The normalized spacial score (nSPS) is 29.1. The molecular formula is C11H16N2O4. The van der Waals surface area contributed by atoms with Crippen molar-refractivity contribution in [1.29, 1.82) is 0 Å². The molecule has 0 bridgehead atoms. The van der Waals surface area contributed by atoms with Crippen molar-refractivity contribution in [3.63, 3.8) is 0 Å². The van der Waals surface area contributed by atoms with E-state index < -0.39 is 29.5 Å². The molecule has 0 saturated carbocycles. The summed E-state index contributed by atoms with van der Waals surface area (Å²) in [5.74, 6) is 1.35. The molecule has 1 rings (SSSR count). The van der Waals surface area contributed by atoms with Gasteiger partial charge < -0.3 is 20.5 Å². The summed E-state index contributed by atoms with van der Waals surface area (Å²) in [6.07, 6.45) is 5.12. The number of ether oxygens (including phenoxy) is 1. The Hall–Kier alpha value is -1.74. The molecule has 0 aliphatic carbocycles. The maximum Gasteiger partial charge on any atom is 0.316 e. The van der Waals surface area contributed by atoms with Crippen LogP contribution in [0.15, 0.2) is 0 Å². The zero-order chi connectivity index (χ0) is 13.1. The van der Waals surface area contributed by atoms with Crippen molar-refractivity contribution < 1.29 is 19.4 Å². The van der Waals surface area contributed by atoms with Crippen LogP contribution in [0.3, 0.4) is 0 Å². The quantitative estimate of drug-likeness (QED) is 0.596. The first-order chi connectivity index (χ1) is 7.90. The number of urea groups is 1. The standard InChI is InChI=1S/C11H16N2O4/c1-4-7(2)12-10(16)13-8-5-17-6-11(8,3)9(14)15/h1,7-8H,5-6H2,2-3H3,(H,14,15)(H2,12,13,16). The first kappa shape index (κ1) is 13.3. The number of aliphatic carboxylic acids is 1. The zero-order valence-corrected chi connectivity index (χ0v) is 9.82. The molecule has 1 fully saturated rings. The molecule has 0 aromatic carbocycles. The number of nitrogens with one attached hydrogen (secondary N) is 2. The van der Waals surface area contributed by atoms with Crippen LogP contribution in [-0.4, -0.2) is 42.4 Å². The lowest BCUT2D eigenvalue weighted by atomic mass is 9.85. The van der Waals surface area contributed by atoms with E-state index in [0.29, 0.717) is 0 Å². The van der Waals surface area contributed by atoms with Crippen molar-refractivity contribution in [2.45, 2.75) is 25.9 Å². The summed E-state index contributed by atoms with van der Waals surface area (Å²) in [6.45, 7) is 3.46. The lowest BCUT2D eigenvalue weighted by Gasteiger charge is -2.25. The number of carboxylic acids is 1. The molecule has 2 amide bonds. The van der Waals surface area contributed by atoms with Crippen LogP contribution in [0.2, 0.25) is 0 Å². The van der Waals surface area contributed by atoms with Crippen LogP contribution in [0.4, 0.5) is 4.79 Å². The van der Waals surface area contributed by atoms with Crippen LogP contribution in [0.25, 0.3) is 0 Å². The summed E-state index contributed by atoms with van der Waals surface area (Å²) in [7, 11) is 0. The van der Waals surface area contributed by atoms with E-state index in [-0.39, 0.29) is 13.2 Å². The van der Waals surface area contributed by atoms with Gasteiger partial charge in [-0.2, -0.15) is 0 Å². The predicted octanol–water partition coefficient (Wildman–Crippen LogP) is -0.203. The SMILES string of the molecule is C#CC(C)NC(=O)NC1COCC1(C)C(=O)O. The topological polar surface area (TPSA) is 87.7 Å². The lowest BCUT2D eigenvalue weighted by molar-refractivity contribution is -0.148. The highest BCUT2D eigenvalue weighted by Crippen LogP contribution is 2.28. The summed E-state index contributed by atoms with van der Waals surface area (Å²) in [5, 5.41) is 14.2. The molecule has 3 atom stereocenters. The Labute approximate surface area is 99.7 Å². The fraction of sp³-hybridized carbons (Fsp3) is 0.636. The number of carbonyl (C=O) groups is 2. The van der Waals surface area contributed by atoms with Gasteiger partial charge in [-0.1, -0.05) is 5.92 Å². The maximum atomic E-state index is 11.5. The van der Waals surface area contributed by atoms with Crippen LogP contribution in [-0.2, 0) is 9.53 Å². The third kappa shape index (κ3) is 2.88. The second-order valence-electron chi connectivity index (χ2n) is 4.30. The Kier molecular flexibility index (Phi) is 3.97. The van der Waals surface area contributed by atoms with E-state index in [4.69, 9.17) is 16.3 Å². The third-order valence-electron chi connectivity index (χ3n) is 2.85. The van der Waals surface area contributed by atoms with Gasteiger partial charge in [-0.25, -0.2) is 4.79 Å². The van der Waals surface area contributed by atoms with E-state index in [1.165, 1.54) is 6.92 Å². The summed E-state index contributed by atoms with van der Waals surface area (Å²) >= 11 is 0. The van der Waals surface area contributed by atoms with Crippen molar-refractivity contribution in [2.75, 3.05) is 13.2 Å². The molecule has 0 aromatic heterocycles. The average molecular weight is 240 g/mol. The van der Waals surface area contributed by atoms with Gasteiger partial charge >= 0.3 is 12.0 Å². The summed E-state index contributed by atoms with van der Waals surface area (Å²) < 4.78 is 5.10. The van der Waals surface area contributed by atoms with E-state index in [0.717, 1.165) is 0 Å². The Morgan fingerprint density at radius 2 is 2.29 bits per heavy atom. The fourth-order valence-corrected chi connectivity index (χ4v) is 1.52. The number of rotatable bonds is 3. The van der Waals surface area contributed by atoms with Crippen LogP contribution >= 0.6 is 0 Å². The second-order valence-corrected chi connectivity index (χ2v) is 4.30. The Morgan fingerprint density at radius 3 is 2.82 bits per heavy atom. The van der Waals surface area contributed by atoms with Gasteiger partial charge in [0.05, 0.1) is 25.3 Å². The highest BCUT2D eigenvalue weighted by Gasteiger charge is 2.47. The van der Waals surface area contributed by atoms with Crippen molar-refractivity contribution in [3.05, 3.63) is 0 Å². The second kappa shape index (κ2) is 5.06. The van der Waals surface area contributed by atoms with Crippen molar-refractivity contribution in [2.24, 2.45) is 5.41 Å². The van der Waals surface area contributed by atoms with Crippen LogP contribution in [0.1, 0.15) is 13.8 Å². The summed E-state index contributed by atoms with van der Waals surface area (Å²) in [5.41, 5.74) is -1.10. The van der Waals surface area contributed by atoms with Crippen LogP contribution < -0.4 is 10.6 Å². The number of hydrogen-bond donors (Lipinski definition) is 3. The minimum atomic E-state index is -1.10. The maximum absolute atomic E-state index is 11.5. The molecule has 94 valence electrons. The molecule has 1 saturated heterocycles. The number of amides is 2. The molecule has 0 radical (unpaired) electrons. The van der Waals surface area contributed by atoms with E-state index in [2.05, 4.69) is 16.6 Å². The van der Waals surface area contributed by atoms with Crippen molar-refractivity contribution in [1.82, 2.24) is 10.6 Å². The third-order valence-corrected chi connectivity index (χ3v) is 2.85. The van der Waals surface area contributed by atoms with Gasteiger partial charge in [-0.3, -0.25) is 4.79 Å². The number of carbonyl (C=O) groups excluding carboxylic acids is 1. The van der Waals surface area contributed by atoms with Gasteiger partial charge in [0.1, 0.15) is 5.41 Å². The summed E-state index contributed by atoms with van der Waals surface area (Å²) in [4.78, 5) is 22.6. The number of terminal acetylenes is 1. The molecule has 3 unspecified atom stereocenters. The van der Waals surface area contributed by atoms with Gasteiger partial charge in [-0.05, 0) is 13.8 Å². The average Bonchev–Trinajstić information content (AvgIpc) is 2.61. The zero-order valence-electron chi connectivity index (χ0n) is 9.82. The molecule has 1 aliphatic rings. The molecule has 1 heterocycles. The molecule has 1 aliphatic heterocycles.